The number of ether oxygens (including phenoxy) is 2. The van der Waals surface area contributed by atoms with Crippen LogP contribution in [0.3, 0.4) is 0 Å². The van der Waals surface area contributed by atoms with Crippen molar-refractivity contribution < 1.29 is 23.9 Å². The Morgan fingerprint density at radius 3 is 2.82 bits per heavy atom. The summed E-state index contributed by atoms with van der Waals surface area (Å²) in [5.41, 5.74) is 5.51. The van der Waals surface area contributed by atoms with E-state index in [0.717, 1.165) is 0 Å². The lowest BCUT2D eigenvalue weighted by atomic mass is 9.82. The van der Waals surface area contributed by atoms with Crippen molar-refractivity contribution in [2.45, 2.75) is 31.2 Å². The van der Waals surface area contributed by atoms with E-state index in [1.807, 2.05) is 4.90 Å². The molecule has 10 heteroatoms. The second kappa shape index (κ2) is 6.75. The van der Waals surface area contributed by atoms with E-state index in [0.29, 0.717) is 42.2 Å². The van der Waals surface area contributed by atoms with Crippen LogP contribution in [0.5, 0.6) is 0 Å². The average molecular weight is 411 g/mol. The van der Waals surface area contributed by atoms with E-state index >= 15 is 0 Å². The zero-order chi connectivity index (χ0) is 20.2. The van der Waals surface area contributed by atoms with Gasteiger partial charge in [0.15, 0.2) is 5.72 Å². The van der Waals surface area contributed by atoms with Gasteiger partial charge in [-0.1, -0.05) is 0 Å². The van der Waals surface area contributed by atoms with E-state index in [1.165, 1.54) is 0 Å². The minimum atomic E-state index is -0.956. The van der Waals surface area contributed by atoms with E-state index in [1.54, 1.807) is 14.0 Å². The molecule has 3 aliphatic heterocycles. The molecule has 2 saturated heterocycles. The molecule has 4 rings (SSSR count). The molecule has 28 heavy (non-hydrogen) atoms. The minimum Gasteiger partial charge on any atom is -0.449 e. The van der Waals surface area contributed by atoms with Gasteiger partial charge in [-0.25, -0.2) is 4.79 Å². The SMILES string of the molecule is COC12C(COC(N)=O)C3=C(C(=O)C(C)=C(NCCCCl)C3=O)N1CC1NC12. The summed E-state index contributed by atoms with van der Waals surface area (Å²) in [5, 5.41) is 6.37. The van der Waals surface area contributed by atoms with E-state index in [2.05, 4.69) is 10.6 Å². The van der Waals surface area contributed by atoms with Crippen molar-refractivity contribution in [1.29, 1.82) is 0 Å². The van der Waals surface area contributed by atoms with Crippen LogP contribution in [0.2, 0.25) is 0 Å². The molecule has 0 saturated carbocycles. The largest absolute Gasteiger partial charge is 0.449 e. The number of nitrogens with zero attached hydrogens (tertiary/aromatic N) is 1. The topological polar surface area (TPSA) is 133 Å². The van der Waals surface area contributed by atoms with Crippen LogP contribution in [0.15, 0.2) is 22.5 Å². The number of alkyl halides is 1. The first-order chi connectivity index (χ1) is 13.4. The maximum Gasteiger partial charge on any atom is 0.404 e. The molecule has 4 unspecified atom stereocenters. The number of hydrogen-bond acceptors (Lipinski definition) is 8. The number of fused-ring (bicyclic) bond motifs is 4. The summed E-state index contributed by atoms with van der Waals surface area (Å²) in [5.74, 6) is -0.672. The number of methoxy groups -OCH3 is 1. The van der Waals surface area contributed by atoms with Gasteiger partial charge in [-0.3, -0.25) is 9.59 Å². The van der Waals surface area contributed by atoms with Crippen molar-refractivity contribution >= 4 is 29.3 Å². The monoisotopic (exact) mass is 410 g/mol. The van der Waals surface area contributed by atoms with Gasteiger partial charge < -0.3 is 30.7 Å². The zero-order valence-corrected chi connectivity index (χ0v) is 16.5. The predicted molar refractivity (Wildman–Crippen MR) is 99.3 cm³/mol. The third-order valence-electron chi connectivity index (χ3n) is 6.04. The second-order valence-corrected chi connectivity index (χ2v) is 7.77. The van der Waals surface area contributed by atoms with E-state index in [9.17, 15) is 14.4 Å². The molecule has 1 amide bonds. The number of nitrogens with one attached hydrogen (secondary N) is 2. The van der Waals surface area contributed by atoms with Crippen LogP contribution >= 0.6 is 11.6 Å². The first-order valence-electron chi connectivity index (χ1n) is 9.23. The van der Waals surface area contributed by atoms with Gasteiger partial charge in [0.1, 0.15) is 6.61 Å². The molecule has 152 valence electrons. The van der Waals surface area contributed by atoms with Crippen molar-refractivity contribution in [3.8, 4) is 0 Å². The number of nitrogens with two attached hydrogens (primary N) is 1. The van der Waals surface area contributed by atoms with Gasteiger partial charge >= 0.3 is 6.09 Å². The minimum absolute atomic E-state index is 0.0573. The Labute approximate surface area is 167 Å². The molecular weight excluding hydrogens is 388 g/mol. The number of primary amides is 1. The summed E-state index contributed by atoms with van der Waals surface area (Å²) < 4.78 is 11.0. The zero-order valence-electron chi connectivity index (χ0n) is 15.7. The van der Waals surface area contributed by atoms with Crippen molar-refractivity contribution in [2.24, 2.45) is 11.7 Å². The summed E-state index contributed by atoms with van der Waals surface area (Å²) in [6, 6.07) is 0.110. The van der Waals surface area contributed by atoms with Gasteiger partial charge in [0.05, 0.1) is 23.4 Å². The van der Waals surface area contributed by atoms with Crippen LogP contribution in [-0.2, 0) is 19.1 Å². The number of Topliss-reactive ketones (excluding diaryl/α,β-unsaturated/α-hetero) is 2. The smallest absolute Gasteiger partial charge is 0.404 e. The van der Waals surface area contributed by atoms with Crippen LogP contribution in [0, 0.1) is 5.92 Å². The number of carbonyl (C=O) groups is 3. The van der Waals surface area contributed by atoms with Gasteiger partial charge in [-0.05, 0) is 13.3 Å². The van der Waals surface area contributed by atoms with Crippen LogP contribution in [0.1, 0.15) is 13.3 Å². The highest BCUT2D eigenvalue weighted by atomic mass is 35.5. The Hall–Kier alpha value is -2.10. The fourth-order valence-corrected chi connectivity index (χ4v) is 4.92. The third-order valence-corrected chi connectivity index (χ3v) is 6.31. The Balaban J connectivity index is 1.74. The fourth-order valence-electron chi connectivity index (χ4n) is 4.78. The lowest BCUT2D eigenvalue weighted by Gasteiger charge is -2.39. The van der Waals surface area contributed by atoms with Crippen molar-refractivity contribution in [2.75, 3.05) is 32.7 Å². The van der Waals surface area contributed by atoms with Crippen molar-refractivity contribution in [3.05, 3.63) is 22.5 Å². The van der Waals surface area contributed by atoms with Gasteiger partial charge in [0, 0.05) is 43.3 Å². The second-order valence-electron chi connectivity index (χ2n) is 7.39. The molecule has 0 aromatic rings. The average Bonchev–Trinajstić information content (AvgIpc) is 3.27. The van der Waals surface area contributed by atoms with E-state index in [4.69, 9.17) is 26.8 Å². The van der Waals surface area contributed by atoms with Crippen LogP contribution in [0.4, 0.5) is 4.79 Å². The number of amides is 1. The number of ketones is 2. The molecule has 4 aliphatic rings. The molecule has 9 nitrogen and oxygen atoms in total. The molecule has 0 aromatic carbocycles. The Bertz CT molecular complexity index is 825. The summed E-state index contributed by atoms with van der Waals surface area (Å²) >= 11 is 5.72. The quantitative estimate of drug-likeness (QED) is 0.224. The molecular formula is C18H23ClN4O5. The lowest BCUT2D eigenvalue weighted by molar-refractivity contribution is -0.137. The van der Waals surface area contributed by atoms with Gasteiger partial charge in [0.25, 0.3) is 0 Å². The molecule has 0 radical (unpaired) electrons. The Kier molecular flexibility index (Phi) is 4.64. The van der Waals surface area contributed by atoms with Gasteiger partial charge in [0.2, 0.25) is 11.6 Å². The van der Waals surface area contributed by atoms with Gasteiger partial charge in [-0.15, -0.1) is 11.6 Å². The highest BCUT2D eigenvalue weighted by molar-refractivity contribution is 6.25. The number of halogens is 1. The first-order valence-corrected chi connectivity index (χ1v) is 9.77. The fraction of sp³-hybridized carbons (Fsp3) is 0.611. The number of carbonyl (C=O) groups excluding carboxylic acids is 3. The lowest BCUT2D eigenvalue weighted by Crippen LogP contribution is -2.55. The first kappa shape index (κ1) is 19.2. The predicted octanol–water partition coefficient (Wildman–Crippen LogP) is -0.391. The maximum absolute atomic E-state index is 13.4. The van der Waals surface area contributed by atoms with Crippen LogP contribution < -0.4 is 16.4 Å². The van der Waals surface area contributed by atoms with Crippen molar-refractivity contribution in [3.63, 3.8) is 0 Å². The molecule has 1 aliphatic carbocycles. The summed E-state index contributed by atoms with van der Waals surface area (Å²) in [6.45, 7) is 2.53. The van der Waals surface area contributed by atoms with Crippen molar-refractivity contribution in [1.82, 2.24) is 15.5 Å². The summed E-state index contributed by atoms with van der Waals surface area (Å²) in [7, 11) is 1.54. The highest BCUT2D eigenvalue weighted by Crippen LogP contribution is 2.55. The standard InChI is InChI=1S/C18H23ClN4O5/c1-8-12(21-5-3-4-19)15(25)11-9(7-28-17(20)26)18(27-2)16-10(22-16)6-23(18)13(11)14(8)24/h9-10,16,21-22H,3-7H2,1-2H3,(H2,20,26). The number of rotatable bonds is 7. The molecule has 4 atom stereocenters. The number of hydrogen-bond donors (Lipinski definition) is 3. The highest BCUT2D eigenvalue weighted by Gasteiger charge is 2.72. The molecule has 0 aromatic heterocycles. The summed E-state index contributed by atoms with van der Waals surface area (Å²) in [6.07, 6.45) is -0.284. The van der Waals surface area contributed by atoms with E-state index < -0.39 is 17.7 Å². The van der Waals surface area contributed by atoms with Crippen LogP contribution in [-0.4, -0.2) is 73.1 Å². The maximum atomic E-state index is 13.4. The van der Waals surface area contributed by atoms with E-state index in [-0.39, 0.29) is 36.0 Å². The van der Waals surface area contributed by atoms with Crippen LogP contribution in [0.25, 0.3) is 0 Å². The molecule has 0 spiro atoms. The number of piperazine rings is 1. The molecule has 2 fully saturated rings. The Morgan fingerprint density at radius 2 is 2.18 bits per heavy atom. The molecule has 3 heterocycles. The Morgan fingerprint density at radius 1 is 1.43 bits per heavy atom. The summed E-state index contributed by atoms with van der Waals surface area (Å²) in [4.78, 5) is 39.7. The molecule has 4 N–H and O–H groups in total. The van der Waals surface area contributed by atoms with Gasteiger partial charge in [-0.2, -0.15) is 0 Å². The third kappa shape index (κ3) is 2.49. The normalized spacial score (nSPS) is 33.1. The molecule has 0 bridgehead atoms. The number of allylic oxidation sites excluding steroid dienone is 2.